The summed E-state index contributed by atoms with van der Waals surface area (Å²) >= 11 is 0. The quantitative estimate of drug-likeness (QED) is 0.388. The number of rotatable bonds is 8. The fourth-order valence-electron chi connectivity index (χ4n) is 0.697. The van der Waals surface area contributed by atoms with Gasteiger partial charge in [0.25, 0.3) is 10.2 Å². The summed E-state index contributed by atoms with van der Waals surface area (Å²) in [5.74, 6) is -1.05. The fraction of sp³-hybridized carbons (Fsp3) is 1.00. The molecular formula is C4H7N3O8. The molecule has 0 N–H and O–H groups in total. The van der Waals surface area contributed by atoms with Crippen LogP contribution in [0.3, 0.4) is 0 Å². The predicted molar refractivity (Wildman–Crippen MR) is 41.2 cm³/mol. The van der Waals surface area contributed by atoms with E-state index in [4.69, 9.17) is 0 Å². The summed E-state index contributed by atoms with van der Waals surface area (Å²) in [6.07, 6.45) is 0. The Balaban J connectivity index is 3.99. The van der Waals surface area contributed by atoms with E-state index in [9.17, 15) is 30.3 Å². The first-order chi connectivity index (χ1) is 6.91. The van der Waals surface area contributed by atoms with Gasteiger partial charge >= 0.3 is 0 Å². The Kier molecular flexibility index (Phi) is 5.36. The lowest BCUT2D eigenvalue weighted by atomic mass is 10.2. The van der Waals surface area contributed by atoms with Gasteiger partial charge in [0, 0.05) is 4.92 Å². The molecule has 0 heterocycles. The van der Waals surface area contributed by atoms with Gasteiger partial charge in [-0.2, -0.15) is 0 Å². The van der Waals surface area contributed by atoms with Gasteiger partial charge in [-0.15, -0.1) is 20.2 Å². The van der Waals surface area contributed by atoms with Crippen LogP contribution in [0.15, 0.2) is 0 Å². The molecule has 0 atom stereocenters. The van der Waals surface area contributed by atoms with Gasteiger partial charge in [-0.25, -0.2) is 0 Å². The molecule has 0 saturated carbocycles. The lowest BCUT2D eigenvalue weighted by molar-refractivity contribution is -0.770. The first-order valence-electron chi connectivity index (χ1n) is 3.58. The molecule has 15 heavy (non-hydrogen) atoms. The van der Waals surface area contributed by atoms with E-state index in [-0.39, 0.29) is 0 Å². The highest BCUT2D eigenvalue weighted by molar-refractivity contribution is 4.52. The summed E-state index contributed by atoms with van der Waals surface area (Å²) in [7, 11) is 0. The highest BCUT2D eigenvalue weighted by Crippen LogP contribution is 2.00. The Labute approximate surface area is 81.9 Å². The van der Waals surface area contributed by atoms with Crippen LogP contribution in [0.5, 0.6) is 0 Å². The van der Waals surface area contributed by atoms with E-state index in [2.05, 4.69) is 9.68 Å². The SMILES string of the molecule is O=[N+]([O-])CC(CO[N+](=O)[O-])CO[N+](=O)[O-]. The molecule has 0 aromatic rings. The van der Waals surface area contributed by atoms with Gasteiger partial charge in [-0.3, -0.25) is 10.1 Å². The molecular weight excluding hydrogens is 218 g/mol. The van der Waals surface area contributed by atoms with Gasteiger partial charge in [-0.05, 0) is 0 Å². The topological polar surface area (TPSA) is 148 Å². The third kappa shape index (κ3) is 8.14. The second-order valence-electron chi connectivity index (χ2n) is 2.42. The van der Waals surface area contributed by atoms with Crippen molar-refractivity contribution in [2.45, 2.75) is 0 Å². The number of hydrogen-bond donors (Lipinski definition) is 0. The Hall–Kier alpha value is -2.20. The molecule has 0 aliphatic heterocycles. The van der Waals surface area contributed by atoms with Crippen molar-refractivity contribution in [2.75, 3.05) is 19.8 Å². The van der Waals surface area contributed by atoms with Crippen LogP contribution in [-0.4, -0.2) is 34.9 Å². The van der Waals surface area contributed by atoms with Gasteiger partial charge in [-0.1, -0.05) is 0 Å². The van der Waals surface area contributed by atoms with Crippen molar-refractivity contribution in [3.05, 3.63) is 30.3 Å². The van der Waals surface area contributed by atoms with E-state index in [1.165, 1.54) is 0 Å². The normalized spacial score (nSPS) is 9.67. The summed E-state index contributed by atoms with van der Waals surface area (Å²) in [5, 5.41) is 27.3. The Morgan fingerprint density at radius 3 is 1.60 bits per heavy atom. The van der Waals surface area contributed by atoms with Crippen molar-refractivity contribution in [1.29, 1.82) is 0 Å². The summed E-state index contributed by atoms with van der Waals surface area (Å²) in [6.45, 7) is -1.95. The maximum atomic E-state index is 10.1. The standard InChI is InChI=1S/C4H7N3O8/c8-5(9)1-4(2-14-6(10)11)3-15-7(12)13/h4H,1-3H2. The minimum absolute atomic E-state index is 0.623. The predicted octanol–water partition coefficient (Wildman–Crippen LogP) is -0.704. The third-order valence-corrected chi connectivity index (χ3v) is 1.24. The van der Waals surface area contributed by atoms with E-state index in [0.717, 1.165) is 0 Å². The van der Waals surface area contributed by atoms with Crippen molar-refractivity contribution >= 4 is 0 Å². The molecule has 0 fully saturated rings. The van der Waals surface area contributed by atoms with Crippen LogP contribution in [-0.2, 0) is 9.68 Å². The number of nitrogens with zero attached hydrogens (tertiary/aromatic N) is 3. The molecule has 0 radical (unpaired) electrons. The second-order valence-corrected chi connectivity index (χ2v) is 2.42. The first-order valence-corrected chi connectivity index (χ1v) is 3.58. The van der Waals surface area contributed by atoms with Crippen LogP contribution in [0.25, 0.3) is 0 Å². The zero-order valence-corrected chi connectivity index (χ0v) is 7.31. The van der Waals surface area contributed by atoms with Crippen molar-refractivity contribution < 1.29 is 24.8 Å². The summed E-state index contributed by atoms with van der Waals surface area (Å²) in [6, 6.07) is 0. The molecule has 0 aromatic carbocycles. The van der Waals surface area contributed by atoms with Crippen LogP contribution < -0.4 is 0 Å². The summed E-state index contributed by atoms with van der Waals surface area (Å²) in [4.78, 5) is 36.5. The van der Waals surface area contributed by atoms with E-state index >= 15 is 0 Å². The van der Waals surface area contributed by atoms with Crippen LogP contribution in [0.4, 0.5) is 0 Å². The lowest BCUT2D eigenvalue weighted by Gasteiger charge is -2.09. The molecule has 0 rings (SSSR count). The van der Waals surface area contributed by atoms with Crippen molar-refractivity contribution in [3.63, 3.8) is 0 Å². The summed E-state index contributed by atoms with van der Waals surface area (Å²) in [5.41, 5.74) is 0. The Bertz CT molecular complexity index is 236. The van der Waals surface area contributed by atoms with E-state index in [1.54, 1.807) is 0 Å². The van der Waals surface area contributed by atoms with Crippen molar-refractivity contribution in [3.8, 4) is 0 Å². The summed E-state index contributed by atoms with van der Waals surface area (Å²) < 4.78 is 0. The maximum Gasteiger partial charge on any atom is 0.294 e. The maximum absolute atomic E-state index is 10.1. The molecule has 0 saturated heterocycles. The average Bonchev–Trinajstić information content (AvgIpc) is 2.08. The molecule has 0 aliphatic rings. The number of hydrogen-bond acceptors (Lipinski definition) is 8. The van der Waals surface area contributed by atoms with Crippen LogP contribution in [0.1, 0.15) is 0 Å². The van der Waals surface area contributed by atoms with E-state index < -0.39 is 40.8 Å². The Morgan fingerprint density at radius 2 is 1.33 bits per heavy atom. The molecule has 0 aliphatic carbocycles. The monoisotopic (exact) mass is 225 g/mol. The smallest absolute Gasteiger partial charge is 0.294 e. The molecule has 0 bridgehead atoms. The molecule has 11 heteroatoms. The molecule has 0 spiro atoms. The first kappa shape index (κ1) is 12.8. The van der Waals surface area contributed by atoms with Crippen LogP contribution >= 0.6 is 0 Å². The lowest BCUT2D eigenvalue weighted by Crippen LogP contribution is -2.26. The Morgan fingerprint density at radius 1 is 0.933 bits per heavy atom. The fourth-order valence-corrected chi connectivity index (χ4v) is 0.697. The van der Waals surface area contributed by atoms with Crippen LogP contribution in [0, 0.1) is 36.3 Å². The van der Waals surface area contributed by atoms with E-state index in [0.29, 0.717) is 0 Å². The van der Waals surface area contributed by atoms with Gasteiger partial charge in [0.15, 0.2) is 0 Å². The number of nitro groups is 1. The van der Waals surface area contributed by atoms with Crippen molar-refractivity contribution in [2.24, 2.45) is 5.92 Å². The highest BCUT2D eigenvalue weighted by Gasteiger charge is 2.19. The minimum Gasteiger partial charge on any atom is -0.313 e. The largest absolute Gasteiger partial charge is 0.313 e. The average molecular weight is 225 g/mol. The van der Waals surface area contributed by atoms with E-state index in [1.807, 2.05) is 0 Å². The van der Waals surface area contributed by atoms with Gasteiger partial charge in [0.1, 0.15) is 13.2 Å². The van der Waals surface area contributed by atoms with Crippen LogP contribution in [0.2, 0.25) is 0 Å². The van der Waals surface area contributed by atoms with Gasteiger partial charge < -0.3 is 9.68 Å². The zero-order valence-electron chi connectivity index (χ0n) is 7.31. The van der Waals surface area contributed by atoms with Gasteiger partial charge in [0.2, 0.25) is 6.54 Å². The minimum atomic E-state index is -1.14. The van der Waals surface area contributed by atoms with Gasteiger partial charge in [0.05, 0.1) is 5.92 Å². The van der Waals surface area contributed by atoms with Crippen molar-refractivity contribution in [1.82, 2.24) is 0 Å². The zero-order chi connectivity index (χ0) is 11.8. The highest BCUT2D eigenvalue weighted by atomic mass is 17.0. The second kappa shape index (κ2) is 6.28. The molecule has 0 aromatic heterocycles. The third-order valence-electron chi connectivity index (χ3n) is 1.24. The molecule has 0 unspecified atom stereocenters. The molecule has 11 nitrogen and oxygen atoms in total. The molecule has 86 valence electrons. The molecule has 0 amide bonds.